The van der Waals surface area contributed by atoms with Crippen LogP contribution >= 0.6 is 174 Å². The summed E-state index contributed by atoms with van der Waals surface area (Å²) in [6.07, 6.45) is 0. The molecular formula is C32H3Cl15N8. The summed E-state index contributed by atoms with van der Waals surface area (Å²) in [6.45, 7) is 0. The lowest BCUT2D eigenvalue weighted by molar-refractivity contribution is 1.19. The van der Waals surface area contributed by atoms with E-state index < -0.39 is 0 Å². The van der Waals surface area contributed by atoms with E-state index in [0.29, 0.717) is 0 Å². The van der Waals surface area contributed by atoms with Crippen molar-refractivity contribution >= 4 is 218 Å². The molecule has 276 valence electrons. The fraction of sp³-hybridized carbons (Fsp3) is 0. The Bertz CT molecular complexity index is 3160. The number of aromatic amines is 2. The Morgan fingerprint density at radius 1 is 0.273 bits per heavy atom. The highest BCUT2D eigenvalue weighted by Gasteiger charge is 2.33. The molecule has 0 saturated carbocycles. The minimum absolute atomic E-state index is 0.00962. The van der Waals surface area contributed by atoms with Crippen LogP contribution in [0.1, 0.15) is 0 Å². The van der Waals surface area contributed by atoms with Gasteiger partial charge in [-0.2, -0.15) is 0 Å². The molecule has 8 bridgehead atoms. The lowest BCUT2D eigenvalue weighted by atomic mass is 10.1. The van der Waals surface area contributed by atoms with Gasteiger partial charge in [0.1, 0.15) is 22.6 Å². The lowest BCUT2D eigenvalue weighted by Gasteiger charge is -2.09. The standard InChI is InChI=1S/C32H3Cl15N8/c33-2-1-3(34)12(35)5-4(2)25-48-26(5)50-28-8-9(16(39)22(45)21(44)15(8)38)30(52-28)54-32-11-10(17(40)23(46)24(47)18(11)41)31(55-32)53-29-7-6(27(49-25)51-29)13(36)19(42)20(43)14(7)37/h1H,(H2,48,49,50,51,52,53,54,55). The van der Waals surface area contributed by atoms with Crippen LogP contribution in [0.4, 0.5) is 0 Å². The molecule has 55 heavy (non-hydrogen) atoms. The maximum absolute atomic E-state index is 6.84. The molecule has 0 unspecified atom stereocenters. The van der Waals surface area contributed by atoms with Gasteiger partial charge in [-0.3, -0.25) is 0 Å². The summed E-state index contributed by atoms with van der Waals surface area (Å²) in [7, 11) is 0. The van der Waals surface area contributed by atoms with Crippen molar-refractivity contribution in [3.8, 4) is 45.6 Å². The molecule has 0 fully saturated rings. The maximum atomic E-state index is 6.84. The molecule has 2 N–H and O–H groups in total. The lowest BCUT2D eigenvalue weighted by Crippen LogP contribution is -1.88. The zero-order valence-electron chi connectivity index (χ0n) is 25.4. The summed E-state index contributed by atoms with van der Waals surface area (Å²) in [5.41, 5.74) is 1.00. The predicted molar refractivity (Wildman–Crippen MR) is 231 cm³/mol. The highest BCUT2D eigenvalue weighted by atomic mass is 35.5. The first-order valence-corrected chi connectivity index (χ1v) is 20.3. The topological polar surface area (TPSA) is 109 Å². The van der Waals surface area contributed by atoms with Gasteiger partial charge in [-0.15, -0.1) is 0 Å². The molecule has 0 amide bonds. The number of nitrogens with one attached hydrogen (secondary N) is 2. The SMILES string of the molecule is Clc1cc(Cl)c2c(c1Cl)-c1nc-2nc2[nH]c(nc3nc(nc4[nH]c(n1)c1c(Cl)c(Cl)c(Cl)c(Cl)c41)-c1c(Cl)c(Cl)c(Cl)c(Cl)c1-3)c1c(Cl)c(Cl)c(Cl)c(Cl)c21. The van der Waals surface area contributed by atoms with Crippen molar-refractivity contribution in [2.24, 2.45) is 0 Å². The van der Waals surface area contributed by atoms with Crippen LogP contribution in [0.15, 0.2) is 6.07 Å². The Balaban J connectivity index is 1.61. The molecule has 2 aliphatic rings. The van der Waals surface area contributed by atoms with Crippen molar-refractivity contribution in [3.05, 3.63) is 81.4 Å². The second-order valence-electron chi connectivity index (χ2n) is 11.5. The molecule has 0 spiro atoms. The van der Waals surface area contributed by atoms with Crippen LogP contribution in [0.3, 0.4) is 0 Å². The quantitative estimate of drug-likeness (QED) is 0.116. The van der Waals surface area contributed by atoms with Gasteiger partial charge in [-0.05, 0) is 6.07 Å². The Hall–Kier alpha value is -1.41. The van der Waals surface area contributed by atoms with Crippen LogP contribution in [0.5, 0.6) is 0 Å². The van der Waals surface area contributed by atoms with Gasteiger partial charge in [0.05, 0.1) is 119 Å². The number of nitrogens with zero attached hydrogens (tertiary/aromatic N) is 6. The van der Waals surface area contributed by atoms with Crippen molar-refractivity contribution in [2.45, 2.75) is 0 Å². The molecule has 9 rings (SSSR count). The summed E-state index contributed by atoms with van der Waals surface area (Å²) in [4.78, 5) is 35.0. The summed E-state index contributed by atoms with van der Waals surface area (Å²) in [5, 5.41) is 0.475. The molecular weight excluding hydrogens is 1030 g/mol. The first-order valence-electron chi connectivity index (χ1n) is 14.6. The van der Waals surface area contributed by atoms with Crippen LogP contribution < -0.4 is 0 Å². The molecule has 0 atom stereocenters. The summed E-state index contributed by atoms with van der Waals surface area (Å²) >= 11 is 101. The predicted octanol–water partition coefficient (Wildman–Crippen LogP) is 16.7. The third-order valence-corrected chi connectivity index (χ3v) is 15.1. The minimum Gasteiger partial charge on any atom is -0.324 e. The maximum Gasteiger partial charge on any atom is 0.166 e. The van der Waals surface area contributed by atoms with Gasteiger partial charge < -0.3 is 9.97 Å². The number of H-pyrrole nitrogens is 2. The van der Waals surface area contributed by atoms with Gasteiger partial charge in [0.15, 0.2) is 23.3 Å². The normalized spacial score (nSPS) is 12.3. The zero-order chi connectivity index (χ0) is 39.3. The highest BCUT2D eigenvalue weighted by Crippen LogP contribution is 2.53. The van der Waals surface area contributed by atoms with Gasteiger partial charge in [0, 0.05) is 0 Å². The van der Waals surface area contributed by atoms with E-state index in [-0.39, 0.29) is 165 Å². The number of hydrogen-bond donors (Lipinski definition) is 2. The Morgan fingerprint density at radius 3 is 0.873 bits per heavy atom. The molecule has 2 aliphatic heterocycles. The number of benzene rings is 4. The summed E-state index contributed by atoms with van der Waals surface area (Å²) in [5.74, 6) is -0.0942. The van der Waals surface area contributed by atoms with Crippen molar-refractivity contribution in [1.82, 2.24) is 39.9 Å². The van der Waals surface area contributed by atoms with E-state index in [9.17, 15) is 0 Å². The molecule has 0 radical (unpaired) electrons. The minimum atomic E-state index is -0.0772. The molecule has 3 aromatic heterocycles. The third kappa shape index (κ3) is 5.63. The summed E-state index contributed by atoms with van der Waals surface area (Å²) < 4.78 is 0. The van der Waals surface area contributed by atoms with E-state index in [1.807, 2.05) is 0 Å². The van der Waals surface area contributed by atoms with Crippen LogP contribution in [-0.2, 0) is 0 Å². The first-order chi connectivity index (χ1) is 26.0. The second-order valence-corrected chi connectivity index (χ2v) is 17.3. The molecule has 0 saturated heterocycles. The van der Waals surface area contributed by atoms with E-state index in [2.05, 4.69) is 9.97 Å². The molecule has 23 heteroatoms. The fourth-order valence-electron chi connectivity index (χ4n) is 6.21. The van der Waals surface area contributed by atoms with Gasteiger partial charge >= 0.3 is 0 Å². The number of halogens is 15. The Kier molecular flexibility index (Phi) is 9.83. The van der Waals surface area contributed by atoms with Crippen molar-refractivity contribution in [1.29, 1.82) is 0 Å². The monoisotopic (exact) mass is 1020 g/mol. The van der Waals surface area contributed by atoms with E-state index in [4.69, 9.17) is 204 Å². The summed E-state index contributed by atoms with van der Waals surface area (Å²) in [6, 6.07) is 1.43. The average Bonchev–Trinajstić information content (AvgIpc) is 3.89. The van der Waals surface area contributed by atoms with E-state index >= 15 is 0 Å². The smallest absolute Gasteiger partial charge is 0.166 e. The molecule has 8 nitrogen and oxygen atoms in total. The third-order valence-electron chi connectivity index (χ3n) is 8.58. The van der Waals surface area contributed by atoms with Crippen LogP contribution in [0.2, 0.25) is 75.3 Å². The highest BCUT2D eigenvalue weighted by molar-refractivity contribution is 6.58. The molecule has 0 aliphatic carbocycles. The first kappa shape index (κ1) is 39.1. The number of rotatable bonds is 0. The Morgan fingerprint density at radius 2 is 0.545 bits per heavy atom. The van der Waals surface area contributed by atoms with Crippen LogP contribution in [0, 0.1) is 0 Å². The van der Waals surface area contributed by atoms with E-state index in [1.165, 1.54) is 6.07 Å². The number of hydrogen-bond acceptors (Lipinski definition) is 6. The van der Waals surface area contributed by atoms with E-state index in [0.717, 1.165) is 0 Å². The van der Waals surface area contributed by atoms with Gasteiger partial charge in [0.2, 0.25) is 0 Å². The largest absolute Gasteiger partial charge is 0.324 e. The van der Waals surface area contributed by atoms with Gasteiger partial charge in [0.25, 0.3) is 0 Å². The molecule has 7 aromatic rings. The number of aromatic nitrogens is 8. The van der Waals surface area contributed by atoms with Crippen molar-refractivity contribution in [2.75, 3.05) is 0 Å². The van der Waals surface area contributed by atoms with Gasteiger partial charge in [-0.1, -0.05) is 174 Å². The number of fused-ring (bicyclic) bond motifs is 20. The fourth-order valence-corrected chi connectivity index (χ4v) is 10.1. The Labute approximate surface area is 381 Å². The molecule has 5 heterocycles. The average molecular weight is 1030 g/mol. The van der Waals surface area contributed by atoms with Crippen LogP contribution in [0.25, 0.3) is 89.7 Å². The molecule has 4 aromatic carbocycles. The van der Waals surface area contributed by atoms with Crippen molar-refractivity contribution in [3.63, 3.8) is 0 Å². The van der Waals surface area contributed by atoms with Crippen molar-refractivity contribution < 1.29 is 0 Å². The zero-order valence-corrected chi connectivity index (χ0v) is 36.8. The van der Waals surface area contributed by atoms with E-state index in [1.54, 1.807) is 0 Å². The second kappa shape index (κ2) is 13.8. The van der Waals surface area contributed by atoms with Gasteiger partial charge in [-0.25, -0.2) is 29.9 Å². The van der Waals surface area contributed by atoms with Crippen LogP contribution in [-0.4, -0.2) is 39.9 Å².